The zero-order valence-electron chi connectivity index (χ0n) is 33.5. The predicted molar refractivity (Wildman–Crippen MR) is 230 cm³/mol. The van der Waals surface area contributed by atoms with Gasteiger partial charge in [0.05, 0.1) is 22.1 Å². The van der Waals surface area contributed by atoms with Gasteiger partial charge in [-0.05, 0) is 75.0 Å². The molecule has 0 radical (unpaired) electrons. The van der Waals surface area contributed by atoms with Gasteiger partial charge in [-0.3, -0.25) is 8.97 Å². The highest BCUT2D eigenvalue weighted by Crippen LogP contribution is 2.55. The number of aromatic nitrogens is 3. The summed E-state index contributed by atoms with van der Waals surface area (Å²) in [4.78, 5) is 5.22. The van der Waals surface area contributed by atoms with Gasteiger partial charge in [0.25, 0.3) is 0 Å². The van der Waals surface area contributed by atoms with Crippen molar-refractivity contribution >= 4 is 56.7 Å². The van der Waals surface area contributed by atoms with E-state index in [0.29, 0.717) is 5.75 Å². The lowest BCUT2D eigenvalue weighted by atomic mass is 9.59. The molecule has 0 aliphatic carbocycles. The summed E-state index contributed by atoms with van der Waals surface area (Å²) in [5.41, 5.74) is 5.93. The van der Waals surface area contributed by atoms with Crippen molar-refractivity contribution in [1.29, 1.82) is 0 Å². The van der Waals surface area contributed by atoms with Crippen LogP contribution in [0.4, 0.5) is 0 Å². The molecule has 0 unspecified atom stereocenters. The SMILES string of the molecule is [2H]C(C)(C)C1(C([2H])(C)C)c2ccccc2Oc2c1cccc2[Si](c1ccccc1)(c1ccccc1)c1cccc(-n2c3ccccc3n3c4ccccc4nc23)c1. The number of nitrogens with zero attached hydrogens (tertiary/aromatic N) is 3. The number of hydrogen-bond acceptors (Lipinski definition) is 2. The summed E-state index contributed by atoms with van der Waals surface area (Å²) in [6, 6.07) is 62.2. The van der Waals surface area contributed by atoms with Gasteiger partial charge < -0.3 is 4.74 Å². The number of fused-ring (bicyclic) bond motifs is 7. The standard InChI is InChI=1S/C50H43N3OSi/c1-34(2)50(35(3)4)40-25-11-16-31-46(40)54-48-41(50)26-18-32-47(48)55(37-20-7-5-8-21-37,38-22-9-6-10-23-38)39-24-17-19-36(33-39)52-44-29-14-15-30-45(44)53-43-28-13-12-27-42(43)51-49(52)53/h5-35H,1-4H3/i34D,35D. The van der Waals surface area contributed by atoms with Gasteiger partial charge in [0.1, 0.15) is 11.5 Å². The minimum absolute atomic E-state index is 0.698. The van der Waals surface area contributed by atoms with E-state index in [1.807, 2.05) is 52.0 Å². The van der Waals surface area contributed by atoms with Crippen molar-refractivity contribution in [2.75, 3.05) is 0 Å². The molecular weight excluding hydrogens is 687 g/mol. The van der Waals surface area contributed by atoms with Gasteiger partial charge >= 0.3 is 0 Å². The number of imidazole rings is 2. The molecule has 0 saturated carbocycles. The molecule has 0 spiro atoms. The molecule has 4 nitrogen and oxygen atoms in total. The Labute approximate surface area is 326 Å². The minimum atomic E-state index is -3.28. The van der Waals surface area contributed by atoms with Crippen molar-refractivity contribution in [1.82, 2.24) is 14.0 Å². The molecule has 7 aromatic carbocycles. The van der Waals surface area contributed by atoms with Crippen molar-refractivity contribution in [3.63, 3.8) is 0 Å². The first-order valence-electron chi connectivity index (χ1n) is 20.1. The van der Waals surface area contributed by atoms with E-state index in [9.17, 15) is 2.74 Å². The highest BCUT2D eigenvalue weighted by Gasteiger charge is 2.51. The predicted octanol–water partition coefficient (Wildman–Crippen LogP) is 9.51. The molecule has 9 aromatic rings. The van der Waals surface area contributed by atoms with Gasteiger partial charge in [-0.25, -0.2) is 4.98 Å². The number of ether oxygens (including phenoxy) is 1. The molecule has 1 aliphatic heterocycles. The van der Waals surface area contributed by atoms with Crippen LogP contribution < -0.4 is 25.5 Å². The van der Waals surface area contributed by atoms with E-state index in [0.717, 1.165) is 55.6 Å². The fourth-order valence-corrected chi connectivity index (χ4v) is 14.7. The first-order chi connectivity index (χ1) is 27.6. The van der Waals surface area contributed by atoms with Crippen molar-refractivity contribution in [3.05, 3.63) is 187 Å². The Kier molecular flexibility index (Phi) is 7.21. The topological polar surface area (TPSA) is 31.5 Å². The van der Waals surface area contributed by atoms with E-state index < -0.39 is 25.3 Å². The Morgan fingerprint density at radius 2 is 1.13 bits per heavy atom. The largest absolute Gasteiger partial charge is 0.457 e. The second kappa shape index (κ2) is 12.7. The molecular formula is C50H43N3OSi. The molecule has 10 rings (SSSR count). The average Bonchev–Trinajstić information content (AvgIpc) is 3.75. The van der Waals surface area contributed by atoms with Crippen LogP contribution in [0.1, 0.15) is 41.6 Å². The molecule has 0 amide bonds. The van der Waals surface area contributed by atoms with Gasteiger partial charge in [-0.2, -0.15) is 0 Å². The molecule has 3 heterocycles. The van der Waals surface area contributed by atoms with Crippen LogP contribution in [0.25, 0.3) is 33.5 Å². The summed E-state index contributed by atoms with van der Waals surface area (Å²) in [6.45, 7) is 7.80. The summed E-state index contributed by atoms with van der Waals surface area (Å²) in [7, 11) is -3.28. The Morgan fingerprint density at radius 1 is 0.564 bits per heavy atom. The molecule has 0 atom stereocenters. The zero-order valence-corrected chi connectivity index (χ0v) is 32.5. The smallest absolute Gasteiger partial charge is 0.220 e. The van der Waals surface area contributed by atoms with Crippen LogP contribution in [-0.4, -0.2) is 22.0 Å². The molecule has 55 heavy (non-hydrogen) atoms. The van der Waals surface area contributed by atoms with Gasteiger partial charge in [0.2, 0.25) is 5.78 Å². The van der Waals surface area contributed by atoms with Crippen LogP contribution in [0.2, 0.25) is 0 Å². The molecule has 1 aliphatic rings. The highest BCUT2D eigenvalue weighted by molar-refractivity contribution is 7.20. The maximum Gasteiger partial charge on any atom is 0.220 e. The van der Waals surface area contributed by atoms with Crippen LogP contribution in [0, 0.1) is 11.8 Å². The fourth-order valence-electron chi connectivity index (χ4n) is 9.76. The lowest BCUT2D eigenvalue weighted by Gasteiger charge is -2.48. The summed E-state index contributed by atoms with van der Waals surface area (Å²) in [6.07, 6.45) is 0. The number of hydrogen-bond donors (Lipinski definition) is 0. The van der Waals surface area contributed by atoms with Crippen LogP contribution in [0.3, 0.4) is 0 Å². The van der Waals surface area contributed by atoms with Crippen LogP contribution in [-0.2, 0) is 5.41 Å². The maximum absolute atomic E-state index is 9.92. The molecule has 5 heteroatoms. The zero-order chi connectivity index (χ0) is 39.2. The number of benzene rings is 7. The Balaban J connectivity index is 1.34. The third kappa shape index (κ3) is 4.66. The van der Waals surface area contributed by atoms with Gasteiger partial charge in [0.15, 0.2) is 8.07 Å². The third-order valence-corrected chi connectivity index (χ3v) is 16.7. The first kappa shape index (κ1) is 31.2. The summed E-state index contributed by atoms with van der Waals surface area (Å²) >= 11 is 0. The number of para-hydroxylation sites is 6. The molecule has 268 valence electrons. The first-order valence-corrected chi connectivity index (χ1v) is 21.1. The van der Waals surface area contributed by atoms with Crippen molar-refractivity contribution in [2.45, 2.75) is 33.1 Å². The normalized spacial score (nSPS) is 14.6. The second-order valence-electron chi connectivity index (χ2n) is 15.1. The van der Waals surface area contributed by atoms with E-state index >= 15 is 0 Å². The summed E-state index contributed by atoms with van der Waals surface area (Å²) in [5.74, 6) is 0.116. The van der Waals surface area contributed by atoms with Crippen molar-refractivity contribution < 1.29 is 7.48 Å². The molecule has 0 N–H and O–H groups in total. The fraction of sp³-hybridized carbons (Fsp3) is 0.140. The lowest BCUT2D eigenvalue weighted by Crippen LogP contribution is -2.75. The number of rotatable bonds is 7. The quantitative estimate of drug-likeness (QED) is 0.121. The van der Waals surface area contributed by atoms with Crippen LogP contribution in [0.5, 0.6) is 11.5 Å². The Bertz CT molecular complexity index is 2920. The summed E-state index contributed by atoms with van der Waals surface area (Å²) in [5, 5.41) is 4.68. The van der Waals surface area contributed by atoms with E-state index in [4.69, 9.17) is 9.72 Å². The molecule has 0 fully saturated rings. The van der Waals surface area contributed by atoms with Crippen molar-refractivity contribution in [3.8, 4) is 17.2 Å². The molecule has 0 saturated heterocycles. The van der Waals surface area contributed by atoms with E-state index in [2.05, 4.69) is 161 Å². The van der Waals surface area contributed by atoms with Crippen molar-refractivity contribution in [2.24, 2.45) is 11.8 Å². The third-order valence-electron chi connectivity index (χ3n) is 11.9. The molecule has 0 bridgehead atoms. The minimum Gasteiger partial charge on any atom is -0.457 e. The van der Waals surface area contributed by atoms with E-state index in [1.165, 1.54) is 15.6 Å². The second-order valence-corrected chi connectivity index (χ2v) is 18.9. The lowest BCUT2D eigenvalue weighted by molar-refractivity contribution is 0.245. The van der Waals surface area contributed by atoms with Gasteiger partial charge in [-0.15, -0.1) is 0 Å². The van der Waals surface area contributed by atoms with E-state index in [-0.39, 0.29) is 0 Å². The summed E-state index contributed by atoms with van der Waals surface area (Å²) < 4.78 is 31.6. The Hall–Kier alpha value is -6.17. The molecule has 2 aromatic heterocycles. The average molecular weight is 732 g/mol. The van der Waals surface area contributed by atoms with E-state index in [1.54, 1.807) is 0 Å². The monoisotopic (exact) mass is 731 g/mol. The Morgan fingerprint density at radius 3 is 1.84 bits per heavy atom. The van der Waals surface area contributed by atoms with Crippen LogP contribution in [0.15, 0.2) is 176 Å². The highest BCUT2D eigenvalue weighted by atomic mass is 28.3. The maximum atomic E-state index is 9.92. The van der Waals surface area contributed by atoms with Gasteiger partial charge in [0, 0.05) is 25.0 Å². The van der Waals surface area contributed by atoms with Crippen LogP contribution >= 0.6 is 0 Å². The van der Waals surface area contributed by atoms with Gasteiger partial charge in [-0.1, -0.05) is 161 Å².